The highest BCUT2D eigenvalue weighted by Crippen LogP contribution is 2.23. The second kappa shape index (κ2) is 6.14. The number of rotatable bonds is 5. The van der Waals surface area contributed by atoms with Gasteiger partial charge in [0.15, 0.2) is 5.78 Å². The molecule has 0 aromatic heterocycles. The first-order chi connectivity index (χ1) is 8.70. The Labute approximate surface area is 110 Å². The Balaban J connectivity index is 2.00. The van der Waals surface area contributed by atoms with Gasteiger partial charge >= 0.3 is 0 Å². The van der Waals surface area contributed by atoms with E-state index in [4.69, 9.17) is 4.74 Å². The summed E-state index contributed by atoms with van der Waals surface area (Å²) in [6, 6.07) is 7.03. The van der Waals surface area contributed by atoms with Crippen LogP contribution in [0.5, 0.6) is 5.75 Å². The zero-order chi connectivity index (χ0) is 13.0. The number of ether oxygens (including phenoxy) is 1. The van der Waals surface area contributed by atoms with Crippen LogP contribution in [0.25, 0.3) is 0 Å². The molecule has 0 heterocycles. The van der Waals surface area contributed by atoms with Crippen LogP contribution in [-0.2, 0) is 10.8 Å². The second-order valence-electron chi connectivity index (χ2n) is 4.59. The van der Waals surface area contributed by atoms with Crippen molar-refractivity contribution in [1.29, 1.82) is 0 Å². The number of hydrogen-bond donors (Lipinski definition) is 0. The quantitative estimate of drug-likeness (QED) is 0.769. The standard InChI is InChI=1S/C14H18O3S/c1-17-12-6-4-5-11(9-12)14(15)10-18(16)13-7-2-3-8-13/h4-6,9,13H,2-3,7-8,10H2,1H3. The highest BCUT2D eigenvalue weighted by atomic mass is 32.2. The molecule has 0 saturated heterocycles. The SMILES string of the molecule is COc1cccc(C(=O)CS(=O)C2CCCC2)c1. The molecule has 3 nitrogen and oxygen atoms in total. The molecule has 0 aliphatic heterocycles. The first-order valence-corrected chi connectivity index (χ1v) is 7.63. The number of carbonyl (C=O) groups is 1. The second-order valence-corrected chi connectivity index (χ2v) is 6.30. The van der Waals surface area contributed by atoms with Gasteiger partial charge in [-0.1, -0.05) is 25.0 Å². The van der Waals surface area contributed by atoms with Gasteiger partial charge in [0.25, 0.3) is 0 Å². The zero-order valence-electron chi connectivity index (χ0n) is 10.6. The molecule has 1 aromatic carbocycles. The Kier molecular flexibility index (Phi) is 4.53. The maximum Gasteiger partial charge on any atom is 0.175 e. The molecule has 1 aliphatic rings. The van der Waals surface area contributed by atoms with Crippen LogP contribution in [0, 0.1) is 0 Å². The molecule has 0 N–H and O–H groups in total. The molecule has 1 aliphatic carbocycles. The molecule has 1 fully saturated rings. The Morgan fingerprint density at radius 3 is 2.78 bits per heavy atom. The first kappa shape index (κ1) is 13.3. The lowest BCUT2D eigenvalue weighted by Gasteiger charge is -2.08. The zero-order valence-corrected chi connectivity index (χ0v) is 11.4. The summed E-state index contributed by atoms with van der Waals surface area (Å²) in [5, 5.41) is 0.222. The van der Waals surface area contributed by atoms with E-state index in [1.165, 1.54) is 0 Å². The van der Waals surface area contributed by atoms with Crippen LogP contribution < -0.4 is 4.74 Å². The number of benzene rings is 1. The molecular formula is C14H18O3S. The number of ketones is 1. The molecule has 0 spiro atoms. The van der Waals surface area contributed by atoms with E-state index < -0.39 is 10.8 Å². The molecule has 1 unspecified atom stereocenters. The summed E-state index contributed by atoms with van der Waals surface area (Å²) in [4.78, 5) is 12.0. The lowest BCUT2D eigenvalue weighted by molar-refractivity contribution is 0.102. The Bertz CT molecular complexity index is 450. The molecule has 2 rings (SSSR count). The van der Waals surface area contributed by atoms with Crippen molar-refractivity contribution >= 4 is 16.6 Å². The van der Waals surface area contributed by atoms with Crippen molar-refractivity contribution in [1.82, 2.24) is 0 Å². The van der Waals surface area contributed by atoms with Crippen molar-refractivity contribution in [2.24, 2.45) is 0 Å². The van der Waals surface area contributed by atoms with Crippen LogP contribution in [0.1, 0.15) is 36.0 Å². The van der Waals surface area contributed by atoms with E-state index in [0.29, 0.717) is 11.3 Å². The molecule has 1 atom stereocenters. The predicted molar refractivity (Wildman–Crippen MR) is 72.6 cm³/mol. The van der Waals surface area contributed by atoms with Gasteiger partial charge in [0.05, 0.1) is 12.9 Å². The third kappa shape index (κ3) is 3.19. The molecule has 1 saturated carbocycles. The average Bonchev–Trinajstić information content (AvgIpc) is 2.92. The Hall–Kier alpha value is -1.16. The summed E-state index contributed by atoms with van der Waals surface area (Å²) in [5.41, 5.74) is 0.584. The summed E-state index contributed by atoms with van der Waals surface area (Å²) in [6.45, 7) is 0. The first-order valence-electron chi connectivity index (χ1n) is 6.25. The number of hydrogen-bond acceptors (Lipinski definition) is 3. The minimum Gasteiger partial charge on any atom is -0.497 e. The van der Waals surface area contributed by atoms with Crippen molar-refractivity contribution in [3.05, 3.63) is 29.8 Å². The third-order valence-corrected chi connectivity index (χ3v) is 5.10. The van der Waals surface area contributed by atoms with E-state index in [1.807, 2.05) is 0 Å². The largest absolute Gasteiger partial charge is 0.497 e. The average molecular weight is 266 g/mol. The highest BCUT2D eigenvalue weighted by molar-refractivity contribution is 7.86. The van der Waals surface area contributed by atoms with Gasteiger partial charge in [-0.25, -0.2) is 0 Å². The number of Topliss-reactive ketones (excluding diaryl/α,β-unsaturated/α-hetero) is 1. The van der Waals surface area contributed by atoms with Gasteiger partial charge in [0.2, 0.25) is 0 Å². The lowest BCUT2D eigenvalue weighted by Crippen LogP contribution is -2.19. The Morgan fingerprint density at radius 2 is 2.11 bits per heavy atom. The van der Waals surface area contributed by atoms with Crippen LogP contribution >= 0.6 is 0 Å². The summed E-state index contributed by atoms with van der Waals surface area (Å²) < 4.78 is 17.1. The van der Waals surface area contributed by atoms with Gasteiger partial charge in [0, 0.05) is 21.6 Å². The number of methoxy groups -OCH3 is 1. The van der Waals surface area contributed by atoms with Gasteiger partial charge in [-0.3, -0.25) is 9.00 Å². The normalized spacial score (nSPS) is 17.6. The van der Waals surface area contributed by atoms with Gasteiger partial charge in [-0.15, -0.1) is 0 Å². The van der Waals surface area contributed by atoms with E-state index in [2.05, 4.69) is 0 Å². The van der Waals surface area contributed by atoms with Crippen molar-refractivity contribution < 1.29 is 13.7 Å². The monoisotopic (exact) mass is 266 g/mol. The summed E-state index contributed by atoms with van der Waals surface area (Å²) >= 11 is 0. The highest BCUT2D eigenvalue weighted by Gasteiger charge is 2.23. The maximum absolute atomic E-state index is 12.0. The van der Waals surface area contributed by atoms with Crippen molar-refractivity contribution in [2.45, 2.75) is 30.9 Å². The molecule has 4 heteroatoms. The predicted octanol–water partition coefficient (Wildman–Crippen LogP) is 2.57. The number of carbonyl (C=O) groups excluding carboxylic acids is 1. The Morgan fingerprint density at radius 1 is 1.39 bits per heavy atom. The molecule has 0 bridgehead atoms. The topological polar surface area (TPSA) is 43.4 Å². The lowest BCUT2D eigenvalue weighted by atomic mass is 10.1. The fourth-order valence-corrected chi connectivity index (χ4v) is 3.80. The van der Waals surface area contributed by atoms with Crippen molar-refractivity contribution in [3.8, 4) is 5.75 Å². The molecule has 1 aromatic rings. The van der Waals surface area contributed by atoms with Crippen LogP contribution in [0.3, 0.4) is 0 Å². The van der Waals surface area contributed by atoms with Gasteiger partial charge in [-0.2, -0.15) is 0 Å². The van der Waals surface area contributed by atoms with E-state index >= 15 is 0 Å². The smallest absolute Gasteiger partial charge is 0.175 e. The van der Waals surface area contributed by atoms with E-state index in [1.54, 1.807) is 31.4 Å². The molecule has 0 amide bonds. The summed E-state index contributed by atoms with van der Waals surface area (Å²) in [5.74, 6) is 0.740. The summed E-state index contributed by atoms with van der Waals surface area (Å²) in [7, 11) is 0.545. The molecule has 18 heavy (non-hydrogen) atoms. The van der Waals surface area contributed by atoms with Gasteiger partial charge < -0.3 is 4.74 Å². The van der Waals surface area contributed by atoms with Crippen molar-refractivity contribution in [2.75, 3.05) is 12.9 Å². The fraction of sp³-hybridized carbons (Fsp3) is 0.500. The molecule has 0 radical (unpaired) electrons. The van der Waals surface area contributed by atoms with E-state index in [-0.39, 0.29) is 16.8 Å². The molecule has 98 valence electrons. The van der Waals surface area contributed by atoms with Gasteiger partial charge in [-0.05, 0) is 25.0 Å². The fourth-order valence-electron chi connectivity index (χ4n) is 2.28. The van der Waals surface area contributed by atoms with E-state index in [9.17, 15) is 9.00 Å². The molecular weight excluding hydrogens is 248 g/mol. The minimum atomic E-state index is -1.02. The maximum atomic E-state index is 12.0. The van der Waals surface area contributed by atoms with Crippen LogP contribution in [0.2, 0.25) is 0 Å². The van der Waals surface area contributed by atoms with Crippen molar-refractivity contribution in [3.63, 3.8) is 0 Å². The summed E-state index contributed by atoms with van der Waals surface area (Å²) in [6.07, 6.45) is 4.28. The van der Waals surface area contributed by atoms with E-state index in [0.717, 1.165) is 25.7 Å². The van der Waals surface area contributed by atoms with Crippen LogP contribution in [0.4, 0.5) is 0 Å². The van der Waals surface area contributed by atoms with Crippen LogP contribution in [0.15, 0.2) is 24.3 Å². The third-order valence-electron chi connectivity index (χ3n) is 3.34. The van der Waals surface area contributed by atoms with Crippen LogP contribution in [-0.4, -0.2) is 28.1 Å². The minimum absolute atomic E-state index is 0.0564. The van der Waals surface area contributed by atoms with Gasteiger partial charge in [0.1, 0.15) is 5.75 Å².